The first-order valence-electron chi connectivity index (χ1n) is 9.90. The average Bonchev–Trinajstić information content (AvgIpc) is 2.89. The molecule has 132 valence electrons. The number of hydrogen-bond acceptors (Lipinski definition) is 2. The van der Waals surface area contributed by atoms with Gasteiger partial charge in [-0.15, -0.1) is 0 Å². The zero-order chi connectivity index (χ0) is 16.9. The van der Waals surface area contributed by atoms with Crippen molar-refractivity contribution in [1.29, 1.82) is 0 Å². The van der Waals surface area contributed by atoms with Crippen LogP contribution in [-0.2, 0) is 4.74 Å². The van der Waals surface area contributed by atoms with Crippen LogP contribution in [0.3, 0.4) is 0 Å². The molecule has 0 unspecified atom stereocenters. The highest BCUT2D eigenvalue weighted by Gasteiger charge is 2.52. The molecule has 0 heterocycles. The van der Waals surface area contributed by atoms with Gasteiger partial charge in [-0.25, -0.2) is 0 Å². The van der Waals surface area contributed by atoms with E-state index in [0.717, 1.165) is 31.6 Å². The molecule has 0 aliphatic heterocycles. The number of rotatable bonds is 3. The quantitative estimate of drug-likeness (QED) is 0.726. The lowest BCUT2D eigenvalue weighted by molar-refractivity contribution is 0.0317. The molecule has 0 radical (unpaired) electrons. The Labute approximate surface area is 146 Å². The third-order valence-corrected chi connectivity index (χ3v) is 7.50. The molecular formula is C22H32O2. The van der Waals surface area contributed by atoms with Crippen molar-refractivity contribution in [1.82, 2.24) is 0 Å². The van der Waals surface area contributed by atoms with Crippen LogP contribution < -0.4 is 0 Å². The maximum Gasteiger partial charge on any atom is 0.0959 e. The van der Waals surface area contributed by atoms with Crippen molar-refractivity contribution in [2.75, 3.05) is 7.11 Å². The van der Waals surface area contributed by atoms with E-state index in [1.54, 1.807) is 16.7 Å². The molecule has 0 saturated heterocycles. The topological polar surface area (TPSA) is 29.5 Å². The predicted octanol–water partition coefficient (Wildman–Crippen LogP) is 5.15. The molecule has 0 amide bonds. The molecule has 1 saturated carbocycles. The zero-order valence-electron chi connectivity index (χ0n) is 15.5. The van der Waals surface area contributed by atoms with Gasteiger partial charge in [-0.2, -0.15) is 0 Å². The van der Waals surface area contributed by atoms with Crippen molar-refractivity contribution in [2.24, 2.45) is 23.2 Å². The van der Waals surface area contributed by atoms with E-state index in [1.165, 1.54) is 31.4 Å². The third kappa shape index (κ3) is 2.33. The minimum absolute atomic E-state index is 0.0490. The summed E-state index contributed by atoms with van der Waals surface area (Å²) in [4.78, 5) is 0. The molecule has 4 aliphatic carbocycles. The third-order valence-electron chi connectivity index (χ3n) is 7.50. The molecule has 4 rings (SSSR count). The summed E-state index contributed by atoms with van der Waals surface area (Å²) in [5.74, 6) is 3.31. The molecule has 0 aromatic heterocycles. The second kappa shape index (κ2) is 6.05. The van der Waals surface area contributed by atoms with Gasteiger partial charge < -0.3 is 9.84 Å². The van der Waals surface area contributed by atoms with Gasteiger partial charge in [0, 0.05) is 11.8 Å². The summed E-state index contributed by atoms with van der Waals surface area (Å²) in [6.07, 6.45) is 13.8. The first kappa shape index (κ1) is 16.4. The largest absolute Gasteiger partial charge is 0.501 e. The van der Waals surface area contributed by atoms with Gasteiger partial charge in [0.05, 0.1) is 19.0 Å². The van der Waals surface area contributed by atoms with Crippen molar-refractivity contribution < 1.29 is 9.84 Å². The second-order valence-electron chi connectivity index (χ2n) is 8.64. The summed E-state index contributed by atoms with van der Waals surface area (Å²) in [7, 11) is 1.81. The van der Waals surface area contributed by atoms with E-state index < -0.39 is 0 Å². The molecule has 5 atom stereocenters. The van der Waals surface area contributed by atoms with E-state index in [2.05, 4.69) is 26.0 Å². The Morgan fingerprint density at radius 2 is 2.17 bits per heavy atom. The van der Waals surface area contributed by atoms with Crippen LogP contribution in [-0.4, -0.2) is 18.3 Å². The minimum atomic E-state index is -0.155. The molecule has 1 fully saturated rings. The van der Waals surface area contributed by atoms with Crippen LogP contribution in [0.1, 0.15) is 65.2 Å². The summed E-state index contributed by atoms with van der Waals surface area (Å²) >= 11 is 0. The predicted molar refractivity (Wildman–Crippen MR) is 97.4 cm³/mol. The zero-order valence-corrected chi connectivity index (χ0v) is 15.5. The fourth-order valence-corrected chi connectivity index (χ4v) is 6.21. The van der Waals surface area contributed by atoms with Gasteiger partial charge in [0.1, 0.15) is 0 Å². The highest BCUT2D eigenvalue weighted by atomic mass is 16.5. The molecule has 2 nitrogen and oxygen atoms in total. The number of hydrogen-bond donors (Lipinski definition) is 1. The fourth-order valence-electron chi connectivity index (χ4n) is 6.21. The van der Waals surface area contributed by atoms with Gasteiger partial charge in [-0.1, -0.05) is 43.1 Å². The monoisotopic (exact) mass is 328 g/mol. The van der Waals surface area contributed by atoms with Crippen LogP contribution in [0.25, 0.3) is 0 Å². The molecular weight excluding hydrogens is 296 g/mol. The Balaban J connectivity index is 1.70. The van der Waals surface area contributed by atoms with E-state index in [9.17, 15) is 5.11 Å². The SMILES string of the molecule is CCC[C@@H]1CC2=C(CC=C(OC)C2)[C@H]2CC[C@@]3(C)C(=CC[C@@H]3O)[C@H]12. The first-order chi connectivity index (χ1) is 11.6. The molecule has 0 aromatic carbocycles. The van der Waals surface area contributed by atoms with Crippen LogP contribution in [0, 0.1) is 23.2 Å². The van der Waals surface area contributed by atoms with Gasteiger partial charge >= 0.3 is 0 Å². The lowest BCUT2D eigenvalue weighted by Crippen LogP contribution is -2.44. The average molecular weight is 328 g/mol. The van der Waals surface area contributed by atoms with E-state index >= 15 is 0 Å². The molecule has 0 aromatic rings. The van der Waals surface area contributed by atoms with E-state index in [0.29, 0.717) is 11.8 Å². The van der Waals surface area contributed by atoms with Crippen molar-refractivity contribution in [3.63, 3.8) is 0 Å². The number of fused-ring (bicyclic) bond motifs is 4. The number of aliphatic hydroxyl groups excluding tert-OH is 1. The molecule has 1 N–H and O–H groups in total. The van der Waals surface area contributed by atoms with E-state index in [4.69, 9.17) is 4.74 Å². The summed E-state index contributed by atoms with van der Waals surface area (Å²) in [6.45, 7) is 4.64. The lowest BCUT2D eigenvalue weighted by Gasteiger charge is -2.52. The number of allylic oxidation sites excluding steroid dienone is 3. The highest BCUT2D eigenvalue weighted by Crippen LogP contribution is 2.61. The first-order valence-corrected chi connectivity index (χ1v) is 9.90. The minimum Gasteiger partial charge on any atom is -0.501 e. The summed E-state index contributed by atoms with van der Waals surface area (Å²) in [6, 6.07) is 0. The highest BCUT2D eigenvalue weighted by molar-refractivity contribution is 5.39. The van der Waals surface area contributed by atoms with Gasteiger partial charge in [0.25, 0.3) is 0 Å². The summed E-state index contributed by atoms with van der Waals surface area (Å²) < 4.78 is 5.55. The van der Waals surface area contributed by atoms with Gasteiger partial charge in [-0.05, 0) is 62.4 Å². The second-order valence-corrected chi connectivity index (χ2v) is 8.64. The van der Waals surface area contributed by atoms with Gasteiger partial charge in [-0.3, -0.25) is 0 Å². The number of ether oxygens (including phenoxy) is 1. The number of aliphatic hydroxyl groups is 1. The van der Waals surface area contributed by atoms with Crippen molar-refractivity contribution in [3.05, 3.63) is 34.6 Å². The van der Waals surface area contributed by atoms with Gasteiger partial charge in [0.15, 0.2) is 0 Å². The summed E-state index contributed by atoms with van der Waals surface area (Å²) in [5, 5.41) is 10.6. The molecule has 24 heavy (non-hydrogen) atoms. The number of methoxy groups -OCH3 is 1. The Bertz CT molecular complexity index is 611. The van der Waals surface area contributed by atoms with Crippen molar-refractivity contribution in [3.8, 4) is 0 Å². The normalized spacial score (nSPS) is 41.2. The Morgan fingerprint density at radius 1 is 1.33 bits per heavy atom. The van der Waals surface area contributed by atoms with E-state index in [-0.39, 0.29) is 11.5 Å². The standard InChI is InChI=1S/C22H32O2/c1-4-5-14-12-15-13-16(24-3)6-7-17(15)18-10-11-22(2)19(21(14)18)8-9-20(22)23/h6,8,14,18,20-21,23H,4-5,7,9-13H2,1-3H3/t14-,18-,20+,21-,22+/m1/s1. The van der Waals surface area contributed by atoms with Crippen LogP contribution in [0.15, 0.2) is 34.6 Å². The van der Waals surface area contributed by atoms with Crippen LogP contribution in [0.5, 0.6) is 0 Å². The maximum atomic E-state index is 10.6. The van der Waals surface area contributed by atoms with Crippen molar-refractivity contribution in [2.45, 2.75) is 71.3 Å². The lowest BCUT2D eigenvalue weighted by atomic mass is 9.53. The molecule has 0 spiro atoms. The summed E-state index contributed by atoms with van der Waals surface area (Å²) in [5.41, 5.74) is 5.06. The maximum absolute atomic E-state index is 10.6. The van der Waals surface area contributed by atoms with Crippen molar-refractivity contribution >= 4 is 0 Å². The Hall–Kier alpha value is -1.02. The smallest absolute Gasteiger partial charge is 0.0959 e. The molecule has 4 aliphatic rings. The van der Waals surface area contributed by atoms with Crippen LogP contribution >= 0.6 is 0 Å². The Morgan fingerprint density at radius 3 is 2.92 bits per heavy atom. The fraction of sp³-hybridized carbons (Fsp3) is 0.727. The van der Waals surface area contributed by atoms with Crippen LogP contribution in [0.2, 0.25) is 0 Å². The van der Waals surface area contributed by atoms with E-state index in [1.807, 2.05) is 7.11 Å². The Kier molecular flexibility index (Phi) is 4.15. The van der Waals surface area contributed by atoms with Crippen LogP contribution in [0.4, 0.5) is 0 Å². The van der Waals surface area contributed by atoms with Gasteiger partial charge in [0.2, 0.25) is 0 Å². The molecule has 2 heteroatoms. The molecule has 0 bridgehead atoms.